The van der Waals surface area contributed by atoms with Crippen LogP contribution in [0, 0.1) is 0 Å². The number of nitrogens with one attached hydrogen (secondary N) is 4. The molecule has 2 aromatic rings. The fraction of sp³-hybridized carbons (Fsp3) is 0.417. The highest BCUT2D eigenvalue weighted by Crippen LogP contribution is 2.27. The summed E-state index contributed by atoms with van der Waals surface area (Å²) < 4.78 is 27.3. The summed E-state index contributed by atoms with van der Waals surface area (Å²) in [6, 6.07) is 11.4. The van der Waals surface area contributed by atoms with Crippen molar-refractivity contribution in [2.24, 2.45) is 0 Å². The van der Waals surface area contributed by atoms with Crippen LogP contribution < -0.4 is 21.3 Å². The molecule has 186 valence electrons. The highest BCUT2D eigenvalue weighted by atomic mass is 32.2. The Morgan fingerprint density at radius 1 is 0.912 bits per heavy atom. The van der Waals surface area contributed by atoms with E-state index < -0.39 is 10.0 Å². The zero-order chi connectivity index (χ0) is 25.1. The smallest absolute Gasteiger partial charge is 0.251 e. The number of rotatable bonds is 13. The second-order valence-electron chi connectivity index (χ2n) is 7.64. The molecule has 0 unspecified atom stereocenters. The van der Waals surface area contributed by atoms with Crippen LogP contribution in [-0.2, 0) is 14.8 Å². The van der Waals surface area contributed by atoms with Crippen LogP contribution in [0.5, 0.6) is 0 Å². The quantitative estimate of drug-likeness (QED) is 0.320. The van der Waals surface area contributed by atoms with Gasteiger partial charge in [-0.1, -0.05) is 27.2 Å². The molecule has 34 heavy (non-hydrogen) atoms. The van der Waals surface area contributed by atoms with E-state index in [0.29, 0.717) is 30.0 Å². The molecular weight excluding hydrogens is 454 g/mol. The van der Waals surface area contributed by atoms with Crippen LogP contribution in [0.4, 0.5) is 17.1 Å². The minimum Gasteiger partial charge on any atom is -0.383 e. The first kappa shape index (κ1) is 27.1. The van der Waals surface area contributed by atoms with Crippen molar-refractivity contribution in [3.63, 3.8) is 0 Å². The van der Waals surface area contributed by atoms with E-state index in [9.17, 15) is 18.0 Å². The van der Waals surface area contributed by atoms with Gasteiger partial charge in [-0.05, 0) is 48.9 Å². The van der Waals surface area contributed by atoms with Crippen molar-refractivity contribution in [2.75, 3.05) is 49.2 Å². The molecule has 0 bridgehead atoms. The minimum absolute atomic E-state index is 0.0611. The number of hydrogen-bond acceptors (Lipinski definition) is 6. The summed E-state index contributed by atoms with van der Waals surface area (Å²) in [4.78, 5) is 24.3. The molecule has 0 heterocycles. The van der Waals surface area contributed by atoms with Gasteiger partial charge >= 0.3 is 0 Å². The van der Waals surface area contributed by atoms with E-state index in [0.717, 1.165) is 25.1 Å². The lowest BCUT2D eigenvalue weighted by atomic mass is 10.2. The van der Waals surface area contributed by atoms with Crippen molar-refractivity contribution < 1.29 is 18.0 Å². The maximum absolute atomic E-state index is 13.0. The maximum Gasteiger partial charge on any atom is 0.251 e. The third kappa shape index (κ3) is 7.19. The Morgan fingerprint density at radius 2 is 1.59 bits per heavy atom. The molecule has 0 aliphatic carbocycles. The molecule has 0 aliphatic heterocycles. The predicted molar refractivity (Wildman–Crippen MR) is 137 cm³/mol. The molecule has 2 aromatic carbocycles. The molecule has 0 aromatic heterocycles. The van der Waals surface area contributed by atoms with Gasteiger partial charge in [0.15, 0.2) is 0 Å². The molecule has 0 atom stereocenters. The highest BCUT2D eigenvalue weighted by molar-refractivity contribution is 7.89. The van der Waals surface area contributed by atoms with Crippen molar-refractivity contribution in [1.29, 1.82) is 0 Å². The van der Waals surface area contributed by atoms with Crippen molar-refractivity contribution in [1.82, 2.24) is 9.62 Å². The van der Waals surface area contributed by atoms with Gasteiger partial charge in [-0.15, -0.1) is 0 Å². The number of hydrogen-bond donors (Lipinski definition) is 4. The molecule has 2 amide bonds. The largest absolute Gasteiger partial charge is 0.383 e. The average molecular weight is 490 g/mol. The number of anilines is 3. The lowest BCUT2D eigenvalue weighted by molar-refractivity contribution is -0.114. The summed E-state index contributed by atoms with van der Waals surface area (Å²) in [5.74, 6) is -0.508. The molecular formula is C24H35N5O4S. The van der Waals surface area contributed by atoms with Gasteiger partial charge in [0, 0.05) is 37.9 Å². The third-order valence-electron chi connectivity index (χ3n) is 5.28. The van der Waals surface area contributed by atoms with Gasteiger partial charge in [0.25, 0.3) is 5.91 Å². The highest BCUT2D eigenvalue weighted by Gasteiger charge is 2.22. The Hall–Kier alpha value is -3.11. The Bertz CT molecular complexity index is 1070. The zero-order valence-electron chi connectivity index (χ0n) is 20.3. The van der Waals surface area contributed by atoms with Crippen LogP contribution in [-0.4, -0.2) is 57.8 Å². The van der Waals surface area contributed by atoms with E-state index in [-0.39, 0.29) is 23.3 Å². The second-order valence-corrected chi connectivity index (χ2v) is 9.57. The minimum atomic E-state index is -3.63. The summed E-state index contributed by atoms with van der Waals surface area (Å²) in [7, 11) is -2.08. The number of nitrogens with zero attached hydrogens (tertiary/aromatic N) is 1. The van der Waals surface area contributed by atoms with Crippen LogP contribution in [0.2, 0.25) is 0 Å². The Labute approximate surface area is 202 Å². The predicted octanol–water partition coefficient (Wildman–Crippen LogP) is 3.34. The molecule has 2 rings (SSSR count). The molecule has 0 aliphatic rings. The molecule has 10 heteroatoms. The van der Waals surface area contributed by atoms with E-state index in [2.05, 4.69) is 28.2 Å². The number of sulfonamides is 1. The summed E-state index contributed by atoms with van der Waals surface area (Å²) >= 11 is 0. The number of carbonyl (C=O) groups is 2. The Balaban J connectivity index is 2.17. The summed E-state index contributed by atoms with van der Waals surface area (Å²) in [6.45, 7) is 7.11. The van der Waals surface area contributed by atoms with Crippen molar-refractivity contribution in [3.05, 3.63) is 48.0 Å². The number of benzene rings is 2. The summed E-state index contributed by atoms with van der Waals surface area (Å²) in [5.41, 5.74) is 2.32. The summed E-state index contributed by atoms with van der Waals surface area (Å²) in [5, 5.41) is 11.7. The molecule has 4 N–H and O–H groups in total. The summed E-state index contributed by atoms with van der Waals surface area (Å²) in [6.07, 6.45) is 1.98. The molecule has 0 saturated heterocycles. The van der Waals surface area contributed by atoms with E-state index in [1.54, 1.807) is 63.4 Å². The van der Waals surface area contributed by atoms with Crippen LogP contribution in [0.15, 0.2) is 47.4 Å². The third-order valence-corrected chi connectivity index (χ3v) is 7.32. The molecule has 0 fully saturated rings. The van der Waals surface area contributed by atoms with Crippen molar-refractivity contribution in [2.45, 2.75) is 38.5 Å². The topological polar surface area (TPSA) is 120 Å². The van der Waals surface area contributed by atoms with Crippen LogP contribution in [0.1, 0.15) is 44.0 Å². The Morgan fingerprint density at radius 3 is 2.18 bits per heavy atom. The van der Waals surface area contributed by atoms with Gasteiger partial charge in [0.05, 0.1) is 22.8 Å². The van der Waals surface area contributed by atoms with Crippen LogP contribution in [0.25, 0.3) is 0 Å². The van der Waals surface area contributed by atoms with Gasteiger partial charge in [-0.2, -0.15) is 4.31 Å². The zero-order valence-corrected chi connectivity index (χ0v) is 21.1. The first-order chi connectivity index (χ1) is 16.3. The molecule has 0 saturated carbocycles. The number of amides is 2. The monoisotopic (exact) mass is 489 g/mol. The maximum atomic E-state index is 13.0. The lowest BCUT2D eigenvalue weighted by Gasteiger charge is -2.20. The van der Waals surface area contributed by atoms with Crippen molar-refractivity contribution >= 4 is 38.9 Å². The molecule has 0 radical (unpaired) electrons. The van der Waals surface area contributed by atoms with Crippen molar-refractivity contribution in [3.8, 4) is 0 Å². The average Bonchev–Trinajstić information content (AvgIpc) is 2.84. The van der Waals surface area contributed by atoms with Crippen LogP contribution in [0.3, 0.4) is 0 Å². The van der Waals surface area contributed by atoms with Gasteiger partial charge in [0.1, 0.15) is 0 Å². The molecule has 0 spiro atoms. The van der Waals surface area contributed by atoms with Gasteiger partial charge in [0.2, 0.25) is 15.9 Å². The van der Waals surface area contributed by atoms with Crippen LogP contribution >= 0.6 is 0 Å². The van der Waals surface area contributed by atoms with E-state index in [4.69, 9.17) is 0 Å². The first-order valence-electron chi connectivity index (χ1n) is 11.5. The van der Waals surface area contributed by atoms with Gasteiger partial charge in [-0.3, -0.25) is 9.59 Å². The Kier molecular flexibility index (Phi) is 10.3. The van der Waals surface area contributed by atoms with Gasteiger partial charge < -0.3 is 21.3 Å². The fourth-order valence-electron chi connectivity index (χ4n) is 3.33. The first-order valence-corrected chi connectivity index (χ1v) is 12.9. The van der Waals surface area contributed by atoms with Gasteiger partial charge in [-0.25, -0.2) is 8.42 Å². The fourth-order valence-corrected chi connectivity index (χ4v) is 4.81. The normalized spacial score (nSPS) is 11.2. The molecule has 9 nitrogen and oxygen atoms in total. The van der Waals surface area contributed by atoms with E-state index >= 15 is 0 Å². The lowest BCUT2D eigenvalue weighted by Crippen LogP contribution is -2.30. The van der Waals surface area contributed by atoms with E-state index in [1.165, 1.54) is 4.31 Å². The number of carbonyl (C=O) groups excluding carboxylic acids is 2. The van der Waals surface area contributed by atoms with E-state index in [1.807, 2.05) is 0 Å². The standard InChI is InChI=1S/C24H35N5O4S/c1-5-8-15-26-21-14-13-20(34(32,33)29(6-2)7-3)16-22(21)27-17-23(30)28-19-11-9-18(10-12-19)24(31)25-4/h9-14,16,26-27H,5-8,15,17H2,1-4H3,(H,25,31)(H,28,30). The number of unbranched alkanes of at least 4 members (excludes halogenated alkanes) is 1. The second kappa shape index (κ2) is 13.0. The SMILES string of the molecule is CCCCNc1ccc(S(=O)(=O)N(CC)CC)cc1NCC(=O)Nc1ccc(C(=O)NC)cc1.